The molecule has 1 heterocycles. The third-order valence-corrected chi connectivity index (χ3v) is 3.10. The maximum absolute atomic E-state index is 10.0. The summed E-state index contributed by atoms with van der Waals surface area (Å²) in [7, 11) is 0. The Morgan fingerprint density at radius 3 is 2.40 bits per heavy atom. The van der Waals surface area contributed by atoms with Crippen LogP contribution in [-0.4, -0.2) is 10.1 Å². The van der Waals surface area contributed by atoms with E-state index < -0.39 is 6.10 Å². The molecule has 2 aromatic rings. The molecule has 1 N–H and O–H groups in total. The van der Waals surface area contributed by atoms with E-state index in [-0.39, 0.29) is 0 Å². The molecule has 0 saturated carbocycles. The third-order valence-electron chi connectivity index (χ3n) is 2.31. The normalized spacial score (nSPS) is 12.7. The van der Waals surface area contributed by atoms with Gasteiger partial charge in [0.25, 0.3) is 0 Å². The van der Waals surface area contributed by atoms with Gasteiger partial charge in [0.1, 0.15) is 6.10 Å². The van der Waals surface area contributed by atoms with Crippen molar-refractivity contribution in [1.29, 1.82) is 0 Å². The molecule has 1 atom stereocenters. The second-order valence-electron chi connectivity index (χ2n) is 3.60. The molecule has 0 spiro atoms. The number of aliphatic hydroxyl groups is 1. The third kappa shape index (κ3) is 2.25. The van der Waals surface area contributed by atoms with Gasteiger partial charge in [0, 0.05) is 5.38 Å². The van der Waals surface area contributed by atoms with Gasteiger partial charge in [0.2, 0.25) is 0 Å². The summed E-state index contributed by atoms with van der Waals surface area (Å²) in [5.41, 5.74) is 2.83. The molecule has 3 heteroatoms. The van der Waals surface area contributed by atoms with Gasteiger partial charge in [-0.1, -0.05) is 29.8 Å². The van der Waals surface area contributed by atoms with E-state index >= 15 is 0 Å². The van der Waals surface area contributed by atoms with Gasteiger partial charge >= 0.3 is 0 Å². The second-order valence-corrected chi connectivity index (χ2v) is 4.67. The van der Waals surface area contributed by atoms with Crippen LogP contribution in [-0.2, 0) is 0 Å². The minimum Gasteiger partial charge on any atom is -0.382 e. The van der Waals surface area contributed by atoms with Crippen molar-refractivity contribution in [2.24, 2.45) is 0 Å². The summed E-state index contributed by atoms with van der Waals surface area (Å²) < 4.78 is 0. The van der Waals surface area contributed by atoms with Gasteiger partial charge in [-0.3, -0.25) is 0 Å². The van der Waals surface area contributed by atoms with E-state index in [1.807, 2.05) is 43.5 Å². The van der Waals surface area contributed by atoms with E-state index in [0.29, 0.717) is 0 Å². The molecule has 2 rings (SSSR count). The Bertz CT molecular complexity index is 447. The van der Waals surface area contributed by atoms with Crippen LogP contribution in [0.5, 0.6) is 0 Å². The predicted octanol–water partition coefficient (Wildman–Crippen LogP) is 2.84. The Morgan fingerprint density at radius 2 is 1.87 bits per heavy atom. The number of aromatic nitrogens is 1. The molecule has 1 aromatic heterocycles. The fourth-order valence-electron chi connectivity index (χ4n) is 1.43. The second kappa shape index (κ2) is 4.13. The van der Waals surface area contributed by atoms with E-state index in [4.69, 9.17) is 0 Å². The van der Waals surface area contributed by atoms with Crippen molar-refractivity contribution >= 4 is 11.3 Å². The molecule has 0 aliphatic rings. The number of hydrogen-bond acceptors (Lipinski definition) is 3. The van der Waals surface area contributed by atoms with Crippen molar-refractivity contribution in [3.05, 3.63) is 51.5 Å². The molecular weight excluding hydrogens is 206 g/mol. The highest BCUT2D eigenvalue weighted by molar-refractivity contribution is 7.09. The summed E-state index contributed by atoms with van der Waals surface area (Å²) in [6.45, 7) is 3.97. The molecule has 0 aliphatic carbocycles. The average molecular weight is 219 g/mol. The number of hydrogen-bond donors (Lipinski definition) is 1. The maximum Gasteiger partial charge on any atom is 0.122 e. The molecule has 0 bridgehead atoms. The van der Waals surface area contributed by atoms with Crippen LogP contribution in [0.25, 0.3) is 0 Å². The van der Waals surface area contributed by atoms with Gasteiger partial charge in [-0.15, -0.1) is 11.3 Å². The smallest absolute Gasteiger partial charge is 0.122 e. The van der Waals surface area contributed by atoms with Crippen LogP contribution >= 0.6 is 11.3 Å². The molecule has 1 unspecified atom stereocenters. The standard InChI is InChI=1S/C12H13NOS/c1-8-3-5-10(6-4-8)12(14)11-7-15-9(2)13-11/h3-7,12,14H,1-2H3. The van der Waals surface area contributed by atoms with Crippen LogP contribution in [0.2, 0.25) is 0 Å². The first kappa shape index (κ1) is 10.3. The van der Waals surface area contributed by atoms with Gasteiger partial charge in [0.05, 0.1) is 10.7 Å². The zero-order chi connectivity index (χ0) is 10.8. The zero-order valence-corrected chi connectivity index (χ0v) is 9.58. The van der Waals surface area contributed by atoms with Crippen LogP contribution in [0.4, 0.5) is 0 Å². The van der Waals surface area contributed by atoms with Crippen molar-refractivity contribution in [3.8, 4) is 0 Å². The minimum atomic E-state index is -0.601. The number of rotatable bonds is 2. The fourth-order valence-corrected chi connectivity index (χ4v) is 2.06. The van der Waals surface area contributed by atoms with Crippen molar-refractivity contribution in [2.75, 3.05) is 0 Å². The van der Waals surface area contributed by atoms with Crippen molar-refractivity contribution in [2.45, 2.75) is 20.0 Å². The van der Waals surface area contributed by atoms with Gasteiger partial charge in [-0.25, -0.2) is 4.98 Å². The summed E-state index contributed by atoms with van der Waals surface area (Å²) in [6, 6.07) is 7.87. The Kier molecular flexibility index (Phi) is 2.84. The lowest BCUT2D eigenvalue weighted by Gasteiger charge is -2.08. The highest BCUT2D eigenvalue weighted by Gasteiger charge is 2.12. The molecule has 0 radical (unpaired) electrons. The quantitative estimate of drug-likeness (QED) is 0.842. The molecule has 0 fully saturated rings. The first-order valence-electron chi connectivity index (χ1n) is 4.83. The molecule has 15 heavy (non-hydrogen) atoms. The summed E-state index contributed by atoms with van der Waals surface area (Å²) in [5, 5.41) is 12.9. The lowest BCUT2D eigenvalue weighted by Crippen LogP contribution is -1.99. The van der Waals surface area contributed by atoms with Crippen LogP contribution < -0.4 is 0 Å². The molecule has 0 aliphatic heterocycles. The summed E-state index contributed by atoms with van der Waals surface area (Å²) in [5.74, 6) is 0. The Hall–Kier alpha value is -1.19. The van der Waals surface area contributed by atoms with Crippen LogP contribution in [0.1, 0.15) is 27.9 Å². The average Bonchev–Trinajstić information content (AvgIpc) is 2.65. The maximum atomic E-state index is 10.0. The van der Waals surface area contributed by atoms with Crippen molar-refractivity contribution in [3.63, 3.8) is 0 Å². The van der Waals surface area contributed by atoms with E-state index in [0.717, 1.165) is 16.3 Å². The number of nitrogens with zero attached hydrogens (tertiary/aromatic N) is 1. The van der Waals surface area contributed by atoms with Crippen LogP contribution in [0.15, 0.2) is 29.6 Å². The lowest BCUT2D eigenvalue weighted by molar-refractivity contribution is 0.216. The Morgan fingerprint density at radius 1 is 1.20 bits per heavy atom. The van der Waals surface area contributed by atoms with E-state index in [1.54, 1.807) is 11.3 Å². The molecule has 0 amide bonds. The molecule has 0 saturated heterocycles. The number of benzene rings is 1. The number of aryl methyl sites for hydroxylation is 2. The van der Waals surface area contributed by atoms with Crippen LogP contribution in [0.3, 0.4) is 0 Å². The van der Waals surface area contributed by atoms with Crippen LogP contribution in [0, 0.1) is 13.8 Å². The monoisotopic (exact) mass is 219 g/mol. The fraction of sp³-hybridized carbons (Fsp3) is 0.250. The van der Waals surface area contributed by atoms with Gasteiger partial charge in [-0.05, 0) is 19.4 Å². The first-order valence-corrected chi connectivity index (χ1v) is 5.71. The molecule has 2 nitrogen and oxygen atoms in total. The summed E-state index contributed by atoms with van der Waals surface area (Å²) in [6.07, 6.45) is -0.601. The van der Waals surface area contributed by atoms with E-state index in [2.05, 4.69) is 4.98 Å². The van der Waals surface area contributed by atoms with Crippen molar-refractivity contribution in [1.82, 2.24) is 4.98 Å². The minimum absolute atomic E-state index is 0.601. The summed E-state index contributed by atoms with van der Waals surface area (Å²) in [4.78, 5) is 4.28. The molecule has 1 aromatic carbocycles. The van der Waals surface area contributed by atoms with E-state index in [1.165, 1.54) is 5.56 Å². The predicted molar refractivity (Wildman–Crippen MR) is 62.1 cm³/mol. The lowest BCUT2D eigenvalue weighted by atomic mass is 10.1. The topological polar surface area (TPSA) is 33.1 Å². The highest BCUT2D eigenvalue weighted by Crippen LogP contribution is 2.23. The number of aliphatic hydroxyl groups excluding tert-OH is 1. The first-order chi connectivity index (χ1) is 7.16. The van der Waals surface area contributed by atoms with Gasteiger partial charge in [0.15, 0.2) is 0 Å². The zero-order valence-electron chi connectivity index (χ0n) is 8.77. The highest BCUT2D eigenvalue weighted by atomic mass is 32.1. The van der Waals surface area contributed by atoms with Gasteiger partial charge in [-0.2, -0.15) is 0 Å². The Balaban J connectivity index is 2.28. The van der Waals surface area contributed by atoms with E-state index in [9.17, 15) is 5.11 Å². The summed E-state index contributed by atoms with van der Waals surface area (Å²) >= 11 is 1.56. The number of thiazole rings is 1. The molecular formula is C12H13NOS. The SMILES string of the molecule is Cc1ccc(C(O)c2csc(C)n2)cc1. The van der Waals surface area contributed by atoms with Crippen molar-refractivity contribution < 1.29 is 5.11 Å². The van der Waals surface area contributed by atoms with Gasteiger partial charge < -0.3 is 5.11 Å². The largest absolute Gasteiger partial charge is 0.382 e. The Labute approximate surface area is 93.2 Å². The molecule has 78 valence electrons.